The molecule has 0 radical (unpaired) electrons. The van der Waals surface area contributed by atoms with Gasteiger partial charge in [-0.05, 0) is 65.4 Å². The first-order valence-electron chi connectivity index (χ1n) is 8.94. The molecule has 4 rings (SSSR count). The van der Waals surface area contributed by atoms with Gasteiger partial charge in [0.05, 0.1) is 23.9 Å². The first kappa shape index (κ1) is 20.3. The molecular formula is C22H15BrFN3O2S. The van der Waals surface area contributed by atoms with Gasteiger partial charge in [0.25, 0.3) is 5.91 Å². The van der Waals surface area contributed by atoms with Gasteiger partial charge in [0.2, 0.25) is 0 Å². The molecule has 8 heteroatoms. The fourth-order valence-electron chi connectivity index (χ4n) is 2.68. The number of amidine groups is 1. The minimum Gasteiger partial charge on any atom is -0.467 e. The highest BCUT2D eigenvalue weighted by molar-refractivity contribution is 9.10. The van der Waals surface area contributed by atoms with Crippen molar-refractivity contribution in [3.63, 3.8) is 0 Å². The smallest absolute Gasteiger partial charge is 0.267 e. The summed E-state index contributed by atoms with van der Waals surface area (Å²) in [6.07, 6.45) is 4.89. The zero-order valence-electron chi connectivity index (χ0n) is 15.5. The molecule has 150 valence electrons. The Morgan fingerprint density at radius 1 is 1.07 bits per heavy atom. The Hall–Kier alpha value is -2.97. The van der Waals surface area contributed by atoms with E-state index in [-0.39, 0.29) is 18.3 Å². The summed E-state index contributed by atoms with van der Waals surface area (Å²) < 4.78 is 19.5. The topological polar surface area (TPSA) is 58.2 Å². The zero-order chi connectivity index (χ0) is 20.9. The van der Waals surface area contributed by atoms with Crippen molar-refractivity contribution in [2.24, 2.45) is 10.2 Å². The van der Waals surface area contributed by atoms with E-state index >= 15 is 0 Å². The van der Waals surface area contributed by atoms with Crippen LogP contribution in [0, 0.1) is 5.82 Å². The van der Waals surface area contributed by atoms with Crippen LogP contribution in [-0.2, 0) is 11.3 Å². The van der Waals surface area contributed by atoms with E-state index in [2.05, 4.69) is 26.1 Å². The first-order chi connectivity index (χ1) is 14.6. The predicted molar refractivity (Wildman–Crippen MR) is 120 cm³/mol. The molecule has 1 saturated heterocycles. The lowest BCUT2D eigenvalue weighted by molar-refractivity contribution is -0.122. The van der Waals surface area contributed by atoms with Gasteiger partial charge in [-0.15, -0.1) is 5.10 Å². The molecule has 0 N–H and O–H groups in total. The summed E-state index contributed by atoms with van der Waals surface area (Å²) in [7, 11) is 0. The van der Waals surface area contributed by atoms with Crippen LogP contribution in [-0.4, -0.2) is 22.2 Å². The van der Waals surface area contributed by atoms with Crippen LogP contribution in [0.1, 0.15) is 16.9 Å². The molecule has 2 heterocycles. The summed E-state index contributed by atoms with van der Waals surface area (Å²) in [6, 6.07) is 17.1. The van der Waals surface area contributed by atoms with Crippen molar-refractivity contribution in [2.75, 3.05) is 0 Å². The van der Waals surface area contributed by atoms with Crippen LogP contribution in [0.3, 0.4) is 0 Å². The Kier molecular flexibility index (Phi) is 6.25. The van der Waals surface area contributed by atoms with Crippen LogP contribution in [0.25, 0.3) is 6.08 Å². The van der Waals surface area contributed by atoms with E-state index < -0.39 is 0 Å². The minimum atomic E-state index is -0.327. The van der Waals surface area contributed by atoms with Gasteiger partial charge < -0.3 is 4.42 Å². The van der Waals surface area contributed by atoms with Gasteiger partial charge in [-0.25, -0.2) is 4.39 Å². The molecule has 1 fully saturated rings. The number of carbonyl (C=O) groups excluding carboxylic acids is 1. The Bertz CT molecular complexity index is 1120. The van der Waals surface area contributed by atoms with E-state index in [9.17, 15) is 9.18 Å². The number of benzene rings is 2. The van der Waals surface area contributed by atoms with Crippen LogP contribution in [0.4, 0.5) is 4.39 Å². The molecular weight excluding hydrogens is 469 g/mol. The lowest BCUT2D eigenvalue weighted by Crippen LogP contribution is -2.28. The predicted octanol–water partition coefficient (Wildman–Crippen LogP) is 5.69. The van der Waals surface area contributed by atoms with E-state index in [1.54, 1.807) is 42.8 Å². The molecule has 1 aliphatic rings. The van der Waals surface area contributed by atoms with Crippen molar-refractivity contribution in [2.45, 2.75) is 6.54 Å². The molecule has 0 unspecified atom stereocenters. The number of amides is 1. The van der Waals surface area contributed by atoms with E-state index in [1.807, 2.05) is 24.3 Å². The molecule has 1 amide bonds. The molecule has 0 spiro atoms. The molecule has 0 atom stereocenters. The highest BCUT2D eigenvalue weighted by atomic mass is 79.9. The summed E-state index contributed by atoms with van der Waals surface area (Å²) in [5.41, 5.74) is 1.61. The van der Waals surface area contributed by atoms with Crippen molar-refractivity contribution in [3.05, 3.63) is 99.0 Å². The molecule has 1 aliphatic heterocycles. The average Bonchev–Trinajstić information content (AvgIpc) is 3.35. The number of hydrogen-bond acceptors (Lipinski definition) is 5. The maximum absolute atomic E-state index is 13.2. The molecule has 30 heavy (non-hydrogen) atoms. The van der Waals surface area contributed by atoms with Gasteiger partial charge in [0.1, 0.15) is 11.6 Å². The highest BCUT2D eigenvalue weighted by Gasteiger charge is 2.34. The molecule has 0 aliphatic carbocycles. The number of rotatable bonds is 5. The third kappa shape index (κ3) is 4.95. The second-order valence-electron chi connectivity index (χ2n) is 6.31. The van der Waals surface area contributed by atoms with Crippen LogP contribution in [0.15, 0.2) is 90.9 Å². The third-order valence-electron chi connectivity index (χ3n) is 4.17. The van der Waals surface area contributed by atoms with E-state index in [4.69, 9.17) is 4.42 Å². The third-order valence-corrected chi connectivity index (χ3v) is 5.70. The van der Waals surface area contributed by atoms with Gasteiger partial charge >= 0.3 is 0 Å². The second-order valence-corrected chi connectivity index (χ2v) is 8.24. The molecule has 1 aromatic heterocycles. The average molecular weight is 484 g/mol. The van der Waals surface area contributed by atoms with E-state index in [1.165, 1.54) is 28.8 Å². The lowest BCUT2D eigenvalue weighted by Gasteiger charge is -2.12. The number of hydrogen-bond donors (Lipinski definition) is 0. The normalized spacial score (nSPS) is 17.0. The largest absolute Gasteiger partial charge is 0.467 e. The second kappa shape index (κ2) is 9.23. The van der Waals surface area contributed by atoms with Gasteiger partial charge in [-0.3, -0.25) is 9.69 Å². The van der Waals surface area contributed by atoms with Crippen LogP contribution in [0.5, 0.6) is 0 Å². The number of carbonyl (C=O) groups is 1. The van der Waals surface area contributed by atoms with Crippen molar-refractivity contribution in [1.29, 1.82) is 0 Å². The maximum Gasteiger partial charge on any atom is 0.267 e. The minimum absolute atomic E-state index is 0.210. The number of furan rings is 1. The lowest BCUT2D eigenvalue weighted by atomic mass is 10.2. The van der Waals surface area contributed by atoms with E-state index in [0.717, 1.165) is 15.6 Å². The van der Waals surface area contributed by atoms with Gasteiger partial charge in [-0.1, -0.05) is 40.2 Å². The number of halogens is 2. The van der Waals surface area contributed by atoms with Crippen molar-refractivity contribution >= 4 is 51.1 Å². The zero-order valence-corrected chi connectivity index (χ0v) is 17.9. The van der Waals surface area contributed by atoms with Crippen molar-refractivity contribution in [1.82, 2.24) is 4.90 Å². The highest BCUT2D eigenvalue weighted by Crippen LogP contribution is 2.33. The SMILES string of the molecule is O=C1/C(=C/c2ccc(F)cc2)S/C(=N/N=C\c2ccc(Br)cc2)N1Cc1ccco1. The Labute approximate surface area is 185 Å². The van der Waals surface area contributed by atoms with Gasteiger partial charge in [-0.2, -0.15) is 5.10 Å². The summed E-state index contributed by atoms with van der Waals surface area (Å²) in [5.74, 6) is 0.0985. The molecule has 2 aromatic carbocycles. The standard InChI is InChI=1S/C22H15BrFN3O2S/c23-17-7-3-16(4-8-17)13-25-26-22-27(14-19-2-1-11-29-19)21(28)20(30-22)12-15-5-9-18(24)10-6-15/h1-13H,14H2/b20-12-,25-13-,26-22+. The summed E-state index contributed by atoms with van der Waals surface area (Å²) in [6.45, 7) is 0.242. The van der Waals surface area contributed by atoms with Crippen molar-refractivity contribution < 1.29 is 13.6 Å². The quantitative estimate of drug-likeness (QED) is 0.266. The Morgan fingerprint density at radius 3 is 2.50 bits per heavy atom. The van der Waals surface area contributed by atoms with Crippen LogP contribution >= 0.6 is 27.7 Å². The molecule has 3 aromatic rings. The Balaban J connectivity index is 1.60. The maximum atomic E-state index is 13.2. The first-order valence-corrected chi connectivity index (χ1v) is 10.6. The number of thioether (sulfide) groups is 1. The fraction of sp³-hybridized carbons (Fsp3) is 0.0455. The Morgan fingerprint density at radius 2 is 1.80 bits per heavy atom. The summed E-state index contributed by atoms with van der Waals surface area (Å²) >= 11 is 4.61. The van der Waals surface area contributed by atoms with E-state index in [0.29, 0.717) is 15.8 Å². The van der Waals surface area contributed by atoms with Gasteiger partial charge in [0, 0.05) is 4.47 Å². The monoisotopic (exact) mass is 483 g/mol. The van der Waals surface area contributed by atoms with Gasteiger partial charge in [0.15, 0.2) is 5.17 Å². The number of nitrogens with zero attached hydrogens (tertiary/aromatic N) is 3. The van der Waals surface area contributed by atoms with Crippen LogP contribution < -0.4 is 0 Å². The molecule has 0 bridgehead atoms. The molecule has 5 nitrogen and oxygen atoms in total. The van der Waals surface area contributed by atoms with Crippen LogP contribution in [0.2, 0.25) is 0 Å². The summed E-state index contributed by atoms with van der Waals surface area (Å²) in [5, 5.41) is 8.85. The molecule has 0 saturated carbocycles. The fourth-order valence-corrected chi connectivity index (χ4v) is 3.88. The summed E-state index contributed by atoms with van der Waals surface area (Å²) in [4.78, 5) is 15.0. The van der Waals surface area contributed by atoms with Crippen molar-refractivity contribution in [3.8, 4) is 0 Å².